The summed E-state index contributed by atoms with van der Waals surface area (Å²) in [5.41, 5.74) is 4.08. The Balaban J connectivity index is 1.85. The van der Waals surface area contributed by atoms with Gasteiger partial charge < -0.3 is 15.5 Å². The molecule has 2 aliphatic rings. The second-order valence-electron chi connectivity index (χ2n) is 6.84. The van der Waals surface area contributed by atoms with Crippen LogP contribution in [0, 0.1) is 5.41 Å². The van der Waals surface area contributed by atoms with Crippen LogP contribution in [-0.4, -0.2) is 48.4 Å². The molecule has 3 heterocycles. The van der Waals surface area contributed by atoms with E-state index in [0.29, 0.717) is 38.9 Å². The van der Waals surface area contributed by atoms with Crippen LogP contribution in [0.25, 0.3) is 0 Å². The van der Waals surface area contributed by atoms with E-state index >= 15 is 0 Å². The zero-order chi connectivity index (χ0) is 18.4. The van der Waals surface area contributed by atoms with E-state index in [4.69, 9.17) is 5.73 Å². The molecule has 1 aromatic heterocycles. The van der Waals surface area contributed by atoms with Crippen LogP contribution in [0.4, 0.5) is 19.0 Å². The summed E-state index contributed by atoms with van der Waals surface area (Å²) in [6.07, 6.45) is -2.84. The van der Waals surface area contributed by atoms with Gasteiger partial charge in [0.25, 0.3) is 5.91 Å². The fourth-order valence-electron chi connectivity index (χ4n) is 3.67. The number of hydrogen-bond donors (Lipinski definition) is 1. The molecule has 2 aliphatic heterocycles. The molecule has 136 valence electrons. The molecule has 1 aromatic rings. The minimum atomic E-state index is -4.59. The molecule has 2 fully saturated rings. The first-order valence-electron chi connectivity index (χ1n) is 7.98. The number of carbonyl (C=O) groups excluding carboxylic acids is 2. The fourth-order valence-corrected chi connectivity index (χ4v) is 3.67. The number of alkyl halides is 3. The SMILES string of the molecule is CN1CC2(CCN(c3nc(C(F)(F)F)ccc3C(N)=O)CC2)CC1=O. The van der Waals surface area contributed by atoms with E-state index in [2.05, 4.69) is 4.98 Å². The van der Waals surface area contributed by atoms with Crippen molar-refractivity contribution in [1.82, 2.24) is 9.88 Å². The van der Waals surface area contributed by atoms with Crippen molar-refractivity contribution in [2.24, 2.45) is 11.1 Å². The number of amides is 2. The van der Waals surface area contributed by atoms with Gasteiger partial charge in [-0.15, -0.1) is 0 Å². The molecule has 0 atom stereocenters. The third kappa shape index (κ3) is 3.27. The summed E-state index contributed by atoms with van der Waals surface area (Å²) in [7, 11) is 1.75. The highest BCUT2D eigenvalue weighted by Gasteiger charge is 2.44. The maximum Gasteiger partial charge on any atom is 0.433 e. The third-order valence-corrected chi connectivity index (χ3v) is 5.08. The predicted octanol–water partition coefficient (Wildman–Crippen LogP) is 1.65. The lowest BCUT2D eigenvalue weighted by Crippen LogP contribution is -2.42. The van der Waals surface area contributed by atoms with Crippen LogP contribution >= 0.6 is 0 Å². The van der Waals surface area contributed by atoms with Crippen molar-refractivity contribution in [3.05, 3.63) is 23.4 Å². The molecule has 0 radical (unpaired) electrons. The van der Waals surface area contributed by atoms with Gasteiger partial charge in [-0.1, -0.05) is 0 Å². The Kier molecular flexibility index (Phi) is 4.12. The minimum Gasteiger partial charge on any atom is -0.365 e. The standard InChI is InChI=1S/C16H19F3N4O2/c1-22-9-15(8-12(22)24)4-6-23(7-5-15)14-10(13(20)25)2-3-11(21-14)16(17,18)19/h2-3H,4-9H2,1H3,(H2,20,25). The Bertz CT molecular complexity index is 712. The molecular formula is C16H19F3N4O2. The summed E-state index contributed by atoms with van der Waals surface area (Å²) in [6, 6.07) is 1.84. The summed E-state index contributed by atoms with van der Waals surface area (Å²) in [5, 5.41) is 0. The number of halogens is 3. The molecular weight excluding hydrogens is 337 g/mol. The molecule has 9 heteroatoms. The van der Waals surface area contributed by atoms with Crippen LogP contribution in [0.3, 0.4) is 0 Å². The van der Waals surface area contributed by atoms with Gasteiger partial charge in [-0.25, -0.2) is 4.98 Å². The summed E-state index contributed by atoms with van der Waals surface area (Å²) >= 11 is 0. The third-order valence-electron chi connectivity index (χ3n) is 5.08. The van der Waals surface area contributed by atoms with Crippen molar-refractivity contribution in [1.29, 1.82) is 0 Å². The van der Waals surface area contributed by atoms with E-state index in [0.717, 1.165) is 12.1 Å². The van der Waals surface area contributed by atoms with Crippen LogP contribution in [0.2, 0.25) is 0 Å². The monoisotopic (exact) mass is 356 g/mol. The largest absolute Gasteiger partial charge is 0.433 e. The number of primary amides is 1. The Morgan fingerprint density at radius 3 is 2.40 bits per heavy atom. The number of nitrogens with zero attached hydrogens (tertiary/aromatic N) is 3. The topological polar surface area (TPSA) is 79.5 Å². The van der Waals surface area contributed by atoms with Crippen LogP contribution in [0.5, 0.6) is 0 Å². The van der Waals surface area contributed by atoms with Gasteiger partial charge >= 0.3 is 6.18 Å². The highest BCUT2D eigenvalue weighted by atomic mass is 19.4. The molecule has 0 bridgehead atoms. The molecule has 25 heavy (non-hydrogen) atoms. The number of anilines is 1. The molecule has 2 saturated heterocycles. The Morgan fingerprint density at radius 2 is 1.92 bits per heavy atom. The number of hydrogen-bond acceptors (Lipinski definition) is 4. The lowest BCUT2D eigenvalue weighted by atomic mass is 9.77. The molecule has 3 rings (SSSR count). The van der Waals surface area contributed by atoms with E-state index in [9.17, 15) is 22.8 Å². The maximum absolute atomic E-state index is 13.0. The van der Waals surface area contributed by atoms with Gasteiger partial charge in [-0.3, -0.25) is 9.59 Å². The summed E-state index contributed by atoms with van der Waals surface area (Å²) in [5.74, 6) is -0.759. The van der Waals surface area contributed by atoms with Gasteiger partial charge in [0.05, 0.1) is 5.56 Å². The van der Waals surface area contributed by atoms with Crippen molar-refractivity contribution in [3.63, 3.8) is 0 Å². The van der Waals surface area contributed by atoms with E-state index in [1.807, 2.05) is 0 Å². The average Bonchev–Trinajstić information content (AvgIpc) is 2.80. The van der Waals surface area contributed by atoms with Gasteiger partial charge in [0, 0.05) is 38.5 Å². The average molecular weight is 356 g/mol. The fraction of sp³-hybridized carbons (Fsp3) is 0.562. The quantitative estimate of drug-likeness (QED) is 0.874. The molecule has 1 spiro atoms. The lowest BCUT2D eigenvalue weighted by molar-refractivity contribution is -0.141. The molecule has 0 aromatic carbocycles. The van der Waals surface area contributed by atoms with Gasteiger partial charge in [0.15, 0.2) is 0 Å². The number of nitrogens with two attached hydrogens (primary N) is 1. The van der Waals surface area contributed by atoms with Gasteiger partial charge in [0.2, 0.25) is 5.91 Å². The molecule has 6 nitrogen and oxygen atoms in total. The first-order chi connectivity index (χ1) is 11.6. The number of aromatic nitrogens is 1. The zero-order valence-electron chi connectivity index (χ0n) is 13.8. The van der Waals surface area contributed by atoms with Gasteiger partial charge in [-0.05, 0) is 25.0 Å². The van der Waals surface area contributed by atoms with Crippen LogP contribution in [0.1, 0.15) is 35.3 Å². The molecule has 0 aliphatic carbocycles. The Hall–Kier alpha value is -2.32. The highest BCUT2D eigenvalue weighted by molar-refractivity contribution is 5.97. The molecule has 2 N–H and O–H groups in total. The summed E-state index contributed by atoms with van der Waals surface area (Å²) < 4.78 is 38.9. The smallest absolute Gasteiger partial charge is 0.365 e. The number of piperidine rings is 1. The van der Waals surface area contributed by atoms with E-state index in [-0.39, 0.29) is 22.7 Å². The van der Waals surface area contributed by atoms with E-state index in [1.165, 1.54) is 0 Å². The molecule has 0 unspecified atom stereocenters. The second kappa shape index (κ2) is 5.89. The molecule has 0 saturated carbocycles. The van der Waals surface area contributed by atoms with Crippen LogP contribution in [0.15, 0.2) is 12.1 Å². The normalized spacial score (nSPS) is 20.4. The maximum atomic E-state index is 13.0. The number of rotatable bonds is 2. The van der Waals surface area contributed by atoms with Crippen molar-refractivity contribution < 1.29 is 22.8 Å². The number of pyridine rings is 1. The van der Waals surface area contributed by atoms with Crippen LogP contribution < -0.4 is 10.6 Å². The van der Waals surface area contributed by atoms with E-state index in [1.54, 1.807) is 16.8 Å². The van der Waals surface area contributed by atoms with Gasteiger partial charge in [-0.2, -0.15) is 13.2 Å². The Labute approximate surface area is 142 Å². The van der Waals surface area contributed by atoms with Gasteiger partial charge in [0.1, 0.15) is 11.5 Å². The minimum absolute atomic E-state index is 0.0245. The second-order valence-corrected chi connectivity index (χ2v) is 6.84. The van der Waals surface area contributed by atoms with E-state index < -0.39 is 17.8 Å². The van der Waals surface area contributed by atoms with Crippen molar-refractivity contribution in [2.45, 2.75) is 25.4 Å². The summed E-state index contributed by atoms with van der Waals surface area (Å²) in [6.45, 7) is 1.50. The Morgan fingerprint density at radius 1 is 1.28 bits per heavy atom. The number of carbonyl (C=O) groups is 2. The number of likely N-dealkylation sites (tertiary alicyclic amines) is 1. The first kappa shape index (κ1) is 17.5. The zero-order valence-corrected chi connectivity index (χ0v) is 13.8. The highest BCUT2D eigenvalue weighted by Crippen LogP contribution is 2.41. The van der Waals surface area contributed by atoms with Crippen molar-refractivity contribution in [2.75, 3.05) is 31.6 Å². The van der Waals surface area contributed by atoms with Crippen LogP contribution in [-0.2, 0) is 11.0 Å². The summed E-state index contributed by atoms with van der Waals surface area (Å²) in [4.78, 5) is 30.4. The van der Waals surface area contributed by atoms with Crippen molar-refractivity contribution in [3.8, 4) is 0 Å². The lowest BCUT2D eigenvalue weighted by Gasteiger charge is -2.39. The predicted molar refractivity (Wildman–Crippen MR) is 83.9 cm³/mol. The molecule has 2 amide bonds. The first-order valence-corrected chi connectivity index (χ1v) is 7.98. The van der Waals surface area contributed by atoms with Crippen molar-refractivity contribution >= 4 is 17.6 Å².